The van der Waals surface area contributed by atoms with Crippen molar-refractivity contribution in [1.29, 1.82) is 0 Å². The van der Waals surface area contributed by atoms with Crippen LogP contribution >= 0.6 is 0 Å². The molecule has 0 spiro atoms. The molecule has 0 atom stereocenters. The zero-order valence-electron chi connectivity index (χ0n) is 10.6. The molecule has 0 aliphatic carbocycles. The summed E-state index contributed by atoms with van der Waals surface area (Å²) in [6.07, 6.45) is 0. The number of phenolic OH excluding ortho intramolecular Hbond substituents is 1. The minimum Gasteiger partial charge on any atom is -0.508 e. The summed E-state index contributed by atoms with van der Waals surface area (Å²) in [5.41, 5.74) is 1.04. The van der Waals surface area contributed by atoms with Crippen LogP contribution in [0.3, 0.4) is 0 Å². The molecule has 0 saturated heterocycles. The molecule has 0 aliphatic rings. The number of phenols is 1. The van der Waals surface area contributed by atoms with Gasteiger partial charge in [-0.15, -0.1) is 0 Å². The van der Waals surface area contributed by atoms with E-state index in [1.54, 1.807) is 6.07 Å². The predicted molar refractivity (Wildman–Crippen MR) is 77.2 cm³/mol. The smallest absolute Gasteiger partial charge is 0.119 e. The van der Waals surface area contributed by atoms with Crippen molar-refractivity contribution in [2.75, 3.05) is 0 Å². The molecule has 0 aromatic heterocycles. The Bertz CT molecular complexity index is 726. The maximum Gasteiger partial charge on any atom is 0.119 e. The lowest BCUT2D eigenvalue weighted by Crippen LogP contribution is -1.90. The lowest BCUT2D eigenvalue weighted by Gasteiger charge is -2.13. The van der Waals surface area contributed by atoms with Gasteiger partial charge in [0.1, 0.15) is 5.75 Å². The molecule has 3 rings (SSSR count). The summed E-state index contributed by atoms with van der Waals surface area (Å²) in [6, 6.07) is 16.5. The Morgan fingerprint density at radius 2 is 1.50 bits per heavy atom. The van der Waals surface area contributed by atoms with E-state index in [1.165, 1.54) is 16.2 Å². The first kappa shape index (κ1) is 11.1. The van der Waals surface area contributed by atoms with Crippen LogP contribution in [0.25, 0.3) is 21.5 Å². The van der Waals surface area contributed by atoms with Gasteiger partial charge < -0.3 is 5.11 Å². The second kappa shape index (κ2) is 4.02. The molecular weight excluding hydrogens is 220 g/mol. The van der Waals surface area contributed by atoms with Gasteiger partial charge in [-0.2, -0.15) is 0 Å². The van der Waals surface area contributed by atoms with Gasteiger partial charge in [0, 0.05) is 5.56 Å². The number of fused-ring (bicyclic) bond motifs is 2. The van der Waals surface area contributed by atoms with Gasteiger partial charge in [0.25, 0.3) is 0 Å². The summed E-state index contributed by atoms with van der Waals surface area (Å²) < 4.78 is 0. The highest BCUT2D eigenvalue weighted by Crippen LogP contribution is 2.35. The van der Waals surface area contributed by atoms with Crippen LogP contribution < -0.4 is 0 Å². The Morgan fingerprint density at radius 3 is 2.17 bits per heavy atom. The normalized spacial score (nSPS) is 11.5. The first-order valence-corrected chi connectivity index (χ1v) is 6.31. The summed E-state index contributed by atoms with van der Waals surface area (Å²) in [5, 5.41) is 14.9. The van der Waals surface area contributed by atoms with Gasteiger partial charge in [0.15, 0.2) is 0 Å². The van der Waals surface area contributed by atoms with Crippen molar-refractivity contribution in [2.24, 2.45) is 0 Å². The Hall–Kier alpha value is -2.02. The van der Waals surface area contributed by atoms with Gasteiger partial charge in [0.05, 0.1) is 0 Å². The summed E-state index contributed by atoms with van der Waals surface area (Å²) >= 11 is 0. The van der Waals surface area contributed by atoms with Gasteiger partial charge in [-0.05, 0) is 45.7 Å². The first-order chi connectivity index (χ1) is 8.66. The van der Waals surface area contributed by atoms with Crippen LogP contribution in [-0.4, -0.2) is 5.11 Å². The van der Waals surface area contributed by atoms with Crippen molar-refractivity contribution in [2.45, 2.75) is 19.8 Å². The Kier molecular flexibility index (Phi) is 2.48. The number of benzene rings is 3. The standard InChI is InChI=1S/C17H16O/c1-11(2)17-15-10-13-6-4-3-5-12(13)9-14(15)7-8-16(17)18/h3-11,18H,1-2H3. The second-order valence-electron chi connectivity index (χ2n) is 5.07. The van der Waals surface area contributed by atoms with Gasteiger partial charge >= 0.3 is 0 Å². The number of rotatable bonds is 1. The molecular formula is C17H16O. The van der Waals surface area contributed by atoms with Crippen molar-refractivity contribution < 1.29 is 5.11 Å². The summed E-state index contributed by atoms with van der Waals surface area (Å²) in [6.45, 7) is 4.23. The van der Waals surface area contributed by atoms with E-state index in [0.29, 0.717) is 11.7 Å². The highest BCUT2D eigenvalue weighted by Gasteiger charge is 2.11. The fourth-order valence-corrected chi connectivity index (χ4v) is 2.63. The van der Waals surface area contributed by atoms with Crippen molar-refractivity contribution >= 4 is 21.5 Å². The monoisotopic (exact) mass is 236 g/mol. The Labute approximate surface area is 107 Å². The van der Waals surface area contributed by atoms with Crippen LogP contribution in [0.5, 0.6) is 5.75 Å². The van der Waals surface area contributed by atoms with E-state index in [2.05, 4.69) is 44.2 Å². The van der Waals surface area contributed by atoms with E-state index >= 15 is 0 Å². The molecule has 1 heteroatoms. The molecule has 0 heterocycles. The summed E-state index contributed by atoms with van der Waals surface area (Å²) in [5.74, 6) is 0.711. The molecule has 3 aromatic rings. The summed E-state index contributed by atoms with van der Waals surface area (Å²) in [7, 11) is 0. The molecule has 18 heavy (non-hydrogen) atoms. The average Bonchev–Trinajstić information content (AvgIpc) is 2.36. The van der Waals surface area contributed by atoms with Crippen LogP contribution in [0.1, 0.15) is 25.3 Å². The van der Waals surface area contributed by atoms with E-state index in [0.717, 1.165) is 10.9 Å². The number of hydrogen-bond donors (Lipinski definition) is 1. The second-order valence-corrected chi connectivity index (χ2v) is 5.07. The third-order valence-electron chi connectivity index (χ3n) is 3.48. The molecule has 90 valence electrons. The van der Waals surface area contributed by atoms with Gasteiger partial charge in [0.2, 0.25) is 0 Å². The van der Waals surface area contributed by atoms with Gasteiger partial charge in [-0.3, -0.25) is 0 Å². The van der Waals surface area contributed by atoms with Crippen LogP contribution in [-0.2, 0) is 0 Å². The SMILES string of the molecule is CC(C)c1c(O)ccc2cc3ccccc3cc12. The zero-order chi connectivity index (χ0) is 12.7. The minimum absolute atomic E-state index is 0.315. The molecule has 0 unspecified atom stereocenters. The van der Waals surface area contributed by atoms with Gasteiger partial charge in [-0.25, -0.2) is 0 Å². The minimum atomic E-state index is 0.315. The quantitative estimate of drug-likeness (QED) is 0.600. The molecule has 0 saturated carbocycles. The molecule has 0 fully saturated rings. The molecule has 0 amide bonds. The average molecular weight is 236 g/mol. The third-order valence-corrected chi connectivity index (χ3v) is 3.48. The molecule has 0 aliphatic heterocycles. The molecule has 3 aromatic carbocycles. The fraction of sp³-hybridized carbons (Fsp3) is 0.176. The third kappa shape index (κ3) is 1.63. The van der Waals surface area contributed by atoms with Gasteiger partial charge in [-0.1, -0.05) is 44.2 Å². The molecule has 0 bridgehead atoms. The predicted octanol–water partition coefficient (Wildman–Crippen LogP) is 4.82. The Balaban J connectivity index is 2.46. The topological polar surface area (TPSA) is 20.2 Å². The van der Waals surface area contributed by atoms with E-state index in [-0.39, 0.29) is 0 Å². The van der Waals surface area contributed by atoms with Crippen LogP contribution in [0.2, 0.25) is 0 Å². The van der Waals surface area contributed by atoms with Crippen molar-refractivity contribution in [1.82, 2.24) is 0 Å². The lowest BCUT2D eigenvalue weighted by atomic mass is 9.93. The van der Waals surface area contributed by atoms with Crippen LogP contribution in [0.15, 0.2) is 48.5 Å². The van der Waals surface area contributed by atoms with E-state index in [1.807, 2.05) is 12.1 Å². The highest BCUT2D eigenvalue weighted by molar-refractivity contribution is 6.00. The largest absolute Gasteiger partial charge is 0.508 e. The van der Waals surface area contributed by atoms with Crippen LogP contribution in [0.4, 0.5) is 0 Å². The van der Waals surface area contributed by atoms with Crippen molar-refractivity contribution in [3.8, 4) is 5.75 Å². The first-order valence-electron chi connectivity index (χ1n) is 6.31. The maximum absolute atomic E-state index is 10.1. The van der Waals surface area contributed by atoms with Crippen molar-refractivity contribution in [3.05, 3.63) is 54.1 Å². The van der Waals surface area contributed by atoms with Crippen molar-refractivity contribution in [3.63, 3.8) is 0 Å². The fourth-order valence-electron chi connectivity index (χ4n) is 2.63. The number of hydrogen-bond acceptors (Lipinski definition) is 1. The number of aromatic hydroxyl groups is 1. The summed E-state index contributed by atoms with van der Waals surface area (Å²) in [4.78, 5) is 0. The van der Waals surface area contributed by atoms with E-state index in [9.17, 15) is 5.11 Å². The Morgan fingerprint density at radius 1 is 0.833 bits per heavy atom. The lowest BCUT2D eigenvalue weighted by molar-refractivity contribution is 0.466. The molecule has 1 nitrogen and oxygen atoms in total. The van der Waals surface area contributed by atoms with E-state index < -0.39 is 0 Å². The zero-order valence-corrected chi connectivity index (χ0v) is 10.6. The maximum atomic E-state index is 10.1. The van der Waals surface area contributed by atoms with E-state index in [4.69, 9.17) is 0 Å². The molecule has 0 radical (unpaired) electrons. The molecule has 1 N–H and O–H groups in total. The van der Waals surface area contributed by atoms with Crippen LogP contribution in [0, 0.1) is 0 Å². The highest BCUT2D eigenvalue weighted by atomic mass is 16.3.